The minimum Gasteiger partial charge on any atom is -0.465 e. The van der Waals surface area contributed by atoms with Crippen LogP contribution >= 0.6 is 11.6 Å². The Labute approximate surface area is 173 Å². The van der Waals surface area contributed by atoms with Crippen molar-refractivity contribution >= 4 is 50.6 Å². The highest BCUT2D eigenvalue weighted by atomic mass is 35.5. The van der Waals surface area contributed by atoms with Crippen LogP contribution < -0.4 is 10.6 Å². The van der Waals surface area contributed by atoms with Crippen LogP contribution in [0.3, 0.4) is 0 Å². The average Bonchev–Trinajstić information content (AvgIpc) is 2.68. The lowest BCUT2D eigenvalue weighted by atomic mass is 10.2. The molecule has 0 aliphatic heterocycles. The lowest BCUT2D eigenvalue weighted by Gasteiger charge is -2.14. The number of rotatable bonds is 7. The van der Waals surface area contributed by atoms with Gasteiger partial charge in [0.2, 0.25) is 11.8 Å². The standard InChI is InChI=1S/C19H19ClN2O6S/c1-12(18(24)22-16-5-3-4-13(10-16)19(25)28-2)29(26,27)11-17(23)21-15-8-6-14(20)7-9-15/h3-10,12H,11H2,1-2H3,(H,21,23)(H,22,24). The number of hydrogen-bond acceptors (Lipinski definition) is 6. The number of carbonyl (C=O) groups excluding carboxylic acids is 3. The maximum Gasteiger partial charge on any atom is 0.337 e. The van der Waals surface area contributed by atoms with Crippen molar-refractivity contribution in [1.29, 1.82) is 0 Å². The van der Waals surface area contributed by atoms with Gasteiger partial charge in [-0.15, -0.1) is 0 Å². The zero-order valence-electron chi connectivity index (χ0n) is 15.6. The molecular weight excluding hydrogens is 420 g/mol. The second kappa shape index (κ2) is 9.53. The molecule has 0 aromatic heterocycles. The lowest BCUT2D eigenvalue weighted by Crippen LogP contribution is -2.37. The number of benzene rings is 2. The third kappa shape index (κ3) is 6.30. The van der Waals surface area contributed by atoms with Gasteiger partial charge in [0.25, 0.3) is 0 Å². The maximum absolute atomic E-state index is 12.4. The summed E-state index contributed by atoms with van der Waals surface area (Å²) in [4.78, 5) is 35.9. The summed E-state index contributed by atoms with van der Waals surface area (Å²) in [5.74, 6) is -3.07. The number of sulfone groups is 1. The van der Waals surface area contributed by atoms with Crippen molar-refractivity contribution in [3.63, 3.8) is 0 Å². The van der Waals surface area contributed by atoms with Crippen molar-refractivity contribution in [3.8, 4) is 0 Å². The van der Waals surface area contributed by atoms with E-state index in [0.29, 0.717) is 10.7 Å². The first-order valence-corrected chi connectivity index (χ1v) is 10.5. The highest BCUT2D eigenvalue weighted by Crippen LogP contribution is 2.15. The van der Waals surface area contributed by atoms with Gasteiger partial charge in [0.15, 0.2) is 9.84 Å². The van der Waals surface area contributed by atoms with Crippen LogP contribution in [0.5, 0.6) is 0 Å². The van der Waals surface area contributed by atoms with E-state index in [9.17, 15) is 22.8 Å². The quantitative estimate of drug-likeness (QED) is 0.641. The van der Waals surface area contributed by atoms with Crippen LogP contribution in [-0.2, 0) is 24.2 Å². The Morgan fingerprint density at radius 1 is 1.03 bits per heavy atom. The van der Waals surface area contributed by atoms with Crippen LogP contribution in [0.25, 0.3) is 0 Å². The minimum atomic E-state index is -4.08. The summed E-state index contributed by atoms with van der Waals surface area (Å²) in [6, 6.07) is 12.0. The van der Waals surface area contributed by atoms with Crippen molar-refractivity contribution < 1.29 is 27.5 Å². The highest BCUT2D eigenvalue weighted by Gasteiger charge is 2.30. The second-order valence-electron chi connectivity index (χ2n) is 6.07. The minimum absolute atomic E-state index is 0.197. The van der Waals surface area contributed by atoms with E-state index in [-0.39, 0.29) is 11.3 Å². The molecule has 0 fully saturated rings. The number of ether oxygens (including phenoxy) is 1. The first-order chi connectivity index (χ1) is 13.6. The van der Waals surface area contributed by atoms with Crippen molar-refractivity contribution in [1.82, 2.24) is 0 Å². The van der Waals surface area contributed by atoms with E-state index in [4.69, 9.17) is 11.6 Å². The molecule has 2 aromatic carbocycles. The molecule has 1 unspecified atom stereocenters. The molecule has 0 spiro atoms. The molecule has 0 aliphatic carbocycles. The van der Waals surface area contributed by atoms with Crippen molar-refractivity contribution in [2.24, 2.45) is 0 Å². The van der Waals surface area contributed by atoms with Crippen molar-refractivity contribution in [2.45, 2.75) is 12.2 Å². The van der Waals surface area contributed by atoms with E-state index < -0.39 is 38.6 Å². The third-order valence-corrected chi connectivity index (χ3v) is 6.13. The van der Waals surface area contributed by atoms with Gasteiger partial charge in [-0.25, -0.2) is 13.2 Å². The smallest absolute Gasteiger partial charge is 0.337 e. The Bertz CT molecular complexity index is 1020. The Hall–Kier alpha value is -2.91. The number of nitrogens with one attached hydrogen (secondary N) is 2. The monoisotopic (exact) mass is 438 g/mol. The predicted octanol–water partition coefficient (Wildman–Crippen LogP) is 2.51. The number of halogens is 1. The molecule has 0 saturated heterocycles. The summed E-state index contributed by atoms with van der Waals surface area (Å²) in [7, 11) is -2.86. The number of esters is 1. The van der Waals surface area contributed by atoms with Gasteiger partial charge in [-0.05, 0) is 49.4 Å². The zero-order valence-corrected chi connectivity index (χ0v) is 17.2. The van der Waals surface area contributed by atoms with Gasteiger partial charge in [0, 0.05) is 16.4 Å². The van der Waals surface area contributed by atoms with E-state index in [0.717, 1.165) is 0 Å². The zero-order chi connectivity index (χ0) is 21.6. The second-order valence-corrected chi connectivity index (χ2v) is 8.82. The summed E-state index contributed by atoms with van der Waals surface area (Å²) in [6.07, 6.45) is 0. The topological polar surface area (TPSA) is 119 Å². The Morgan fingerprint density at radius 2 is 1.69 bits per heavy atom. The number of anilines is 2. The molecule has 154 valence electrons. The molecule has 0 aliphatic rings. The maximum atomic E-state index is 12.4. The van der Waals surface area contributed by atoms with Gasteiger partial charge >= 0.3 is 5.97 Å². The normalized spacial score (nSPS) is 12.0. The van der Waals surface area contributed by atoms with Gasteiger partial charge in [-0.1, -0.05) is 17.7 Å². The molecule has 0 radical (unpaired) electrons. The summed E-state index contributed by atoms with van der Waals surface area (Å²) < 4.78 is 29.4. The molecule has 1 atom stereocenters. The predicted molar refractivity (Wildman–Crippen MR) is 110 cm³/mol. The number of amides is 2. The molecule has 29 heavy (non-hydrogen) atoms. The molecule has 0 bridgehead atoms. The SMILES string of the molecule is COC(=O)c1cccc(NC(=O)C(C)S(=O)(=O)CC(=O)Nc2ccc(Cl)cc2)c1. The van der Waals surface area contributed by atoms with Crippen LogP contribution in [-0.4, -0.2) is 44.3 Å². The molecule has 2 amide bonds. The largest absolute Gasteiger partial charge is 0.465 e. The van der Waals surface area contributed by atoms with Crippen LogP contribution in [0.4, 0.5) is 11.4 Å². The summed E-state index contributed by atoms with van der Waals surface area (Å²) in [5.41, 5.74) is 0.806. The van der Waals surface area contributed by atoms with E-state index in [2.05, 4.69) is 15.4 Å². The van der Waals surface area contributed by atoms with Crippen LogP contribution in [0, 0.1) is 0 Å². The van der Waals surface area contributed by atoms with E-state index in [1.54, 1.807) is 12.1 Å². The first-order valence-electron chi connectivity index (χ1n) is 8.38. The number of hydrogen-bond donors (Lipinski definition) is 2. The van der Waals surface area contributed by atoms with Crippen LogP contribution in [0.2, 0.25) is 5.02 Å². The molecule has 2 N–H and O–H groups in total. The van der Waals surface area contributed by atoms with Gasteiger partial charge < -0.3 is 15.4 Å². The van der Waals surface area contributed by atoms with Crippen molar-refractivity contribution in [2.75, 3.05) is 23.5 Å². The van der Waals surface area contributed by atoms with Crippen LogP contribution in [0.1, 0.15) is 17.3 Å². The fraction of sp³-hybridized carbons (Fsp3) is 0.211. The Kier molecular flexibility index (Phi) is 7.35. The number of methoxy groups -OCH3 is 1. The summed E-state index contributed by atoms with van der Waals surface area (Å²) >= 11 is 5.75. The van der Waals surface area contributed by atoms with Gasteiger partial charge in [-0.2, -0.15) is 0 Å². The molecule has 0 heterocycles. The van der Waals surface area contributed by atoms with Gasteiger partial charge in [-0.3, -0.25) is 9.59 Å². The molecule has 10 heteroatoms. The van der Waals surface area contributed by atoms with E-state index in [1.165, 1.54) is 50.4 Å². The van der Waals surface area contributed by atoms with Gasteiger partial charge in [0.1, 0.15) is 11.0 Å². The molecular formula is C19H19ClN2O6S. The highest BCUT2D eigenvalue weighted by molar-refractivity contribution is 7.93. The fourth-order valence-corrected chi connectivity index (χ4v) is 3.49. The first kappa shape index (κ1) is 22.4. The van der Waals surface area contributed by atoms with Crippen molar-refractivity contribution in [3.05, 3.63) is 59.1 Å². The fourth-order valence-electron chi connectivity index (χ4n) is 2.29. The number of carbonyl (C=O) groups is 3. The molecule has 8 nitrogen and oxygen atoms in total. The van der Waals surface area contributed by atoms with Gasteiger partial charge in [0.05, 0.1) is 12.7 Å². The third-order valence-electron chi connectivity index (χ3n) is 3.92. The lowest BCUT2D eigenvalue weighted by molar-refractivity contribution is -0.115. The average molecular weight is 439 g/mol. The van der Waals surface area contributed by atoms with E-state index in [1.807, 2.05) is 0 Å². The Morgan fingerprint density at radius 3 is 2.31 bits per heavy atom. The Balaban J connectivity index is 2.02. The molecule has 2 rings (SSSR count). The summed E-state index contributed by atoms with van der Waals surface area (Å²) in [6.45, 7) is 1.18. The molecule has 0 saturated carbocycles. The van der Waals surface area contributed by atoms with E-state index >= 15 is 0 Å². The summed E-state index contributed by atoms with van der Waals surface area (Å²) in [5, 5.41) is 3.84. The van der Waals surface area contributed by atoms with Crippen LogP contribution in [0.15, 0.2) is 48.5 Å². The molecule has 2 aromatic rings.